The Labute approximate surface area is 173 Å². The van der Waals surface area contributed by atoms with Gasteiger partial charge in [0.2, 0.25) is 10.0 Å². The van der Waals surface area contributed by atoms with Crippen molar-refractivity contribution in [3.05, 3.63) is 71.3 Å². The number of piperazine rings is 1. The van der Waals surface area contributed by atoms with Gasteiger partial charge in [-0.2, -0.15) is 4.31 Å². The van der Waals surface area contributed by atoms with E-state index in [4.69, 9.17) is 0 Å². The largest absolute Gasteiger partial charge is 0.337 e. The Hall–Kier alpha value is -2.22. The highest BCUT2D eigenvalue weighted by atomic mass is 32.2. The molecule has 29 heavy (non-hydrogen) atoms. The Morgan fingerprint density at radius 3 is 2.28 bits per heavy atom. The van der Waals surface area contributed by atoms with E-state index in [0.29, 0.717) is 44.8 Å². The van der Waals surface area contributed by atoms with Crippen LogP contribution in [-0.2, 0) is 23.1 Å². The van der Waals surface area contributed by atoms with Crippen molar-refractivity contribution in [3.8, 4) is 0 Å². The molecule has 0 bridgehead atoms. The molecule has 0 radical (unpaired) electrons. The maximum absolute atomic E-state index is 12.8. The molecule has 3 rings (SSSR count). The van der Waals surface area contributed by atoms with Gasteiger partial charge >= 0.3 is 0 Å². The lowest BCUT2D eigenvalue weighted by Crippen LogP contribution is -2.48. The van der Waals surface area contributed by atoms with Gasteiger partial charge in [-0.05, 0) is 30.2 Å². The SMILES string of the molecule is CCS(=O)(=O)N1CCN(Cc2cccc(C(=O)N(C)Cc3ccccc3)c2)CC1. The van der Waals surface area contributed by atoms with Crippen LogP contribution in [0.4, 0.5) is 0 Å². The van der Waals surface area contributed by atoms with E-state index in [2.05, 4.69) is 4.90 Å². The third-order valence-electron chi connectivity index (χ3n) is 5.28. The Morgan fingerprint density at radius 1 is 0.966 bits per heavy atom. The summed E-state index contributed by atoms with van der Waals surface area (Å²) >= 11 is 0. The third-order valence-corrected chi connectivity index (χ3v) is 7.16. The van der Waals surface area contributed by atoms with Crippen molar-refractivity contribution in [2.45, 2.75) is 20.0 Å². The van der Waals surface area contributed by atoms with E-state index in [1.807, 2.05) is 61.6 Å². The molecule has 0 aromatic heterocycles. The molecule has 0 atom stereocenters. The molecule has 1 aliphatic heterocycles. The van der Waals surface area contributed by atoms with Crippen LogP contribution in [0.2, 0.25) is 0 Å². The predicted octanol–water partition coefficient (Wildman–Crippen LogP) is 2.43. The van der Waals surface area contributed by atoms with Crippen LogP contribution < -0.4 is 0 Å². The van der Waals surface area contributed by atoms with Gasteiger partial charge in [0.05, 0.1) is 5.75 Å². The van der Waals surface area contributed by atoms with Gasteiger partial charge in [0.1, 0.15) is 0 Å². The Bertz CT molecular complexity index is 923. The summed E-state index contributed by atoms with van der Waals surface area (Å²) in [5, 5.41) is 0. The van der Waals surface area contributed by atoms with Gasteiger partial charge in [0, 0.05) is 51.9 Å². The maximum atomic E-state index is 12.8. The molecular weight excluding hydrogens is 386 g/mol. The van der Waals surface area contributed by atoms with Gasteiger partial charge in [0.25, 0.3) is 5.91 Å². The molecule has 7 heteroatoms. The number of nitrogens with zero attached hydrogens (tertiary/aromatic N) is 3. The molecule has 0 N–H and O–H groups in total. The fraction of sp³-hybridized carbons (Fsp3) is 0.409. The lowest BCUT2D eigenvalue weighted by molar-refractivity contribution is 0.0785. The normalized spacial score (nSPS) is 15.9. The number of hydrogen-bond donors (Lipinski definition) is 0. The summed E-state index contributed by atoms with van der Waals surface area (Å²) in [5.41, 5.74) is 2.84. The van der Waals surface area contributed by atoms with E-state index in [9.17, 15) is 13.2 Å². The summed E-state index contributed by atoms with van der Waals surface area (Å²) in [6, 6.07) is 17.7. The number of hydrogen-bond acceptors (Lipinski definition) is 4. The average molecular weight is 416 g/mol. The minimum atomic E-state index is -3.11. The summed E-state index contributed by atoms with van der Waals surface area (Å²) in [6.07, 6.45) is 0. The summed E-state index contributed by atoms with van der Waals surface area (Å²) in [6.45, 7) is 5.40. The van der Waals surface area contributed by atoms with E-state index in [1.54, 1.807) is 16.1 Å². The van der Waals surface area contributed by atoms with Gasteiger partial charge in [-0.3, -0.25) is 9.69 Å². The van der Waals surface area contributed by atoms with Crippen molar-refractivity contribution in [3.63, 3.8) is 0 Å². The molecule has 1 heterocycles. The highest BCUT2D eigenvalue weighted by molar-refractivity contribution is 7.89. The maximum Gasteiger partial charge on any atom is 0.253 e. The highest BCUT2D eigenvalue weighted by Gasteiger charge is 2.25. The summed E-state index contributed by atoms with van der Waals surface area (Å²) in [5.74, 6) is 0.141. The van der Waals surface area contributed by atoms with Gasteiger partial charge in [-0.15, -0.1) is 0 Å². The van der Waals surface area contributed by atoms with E-state index in [0.717, 1.165) is 11.1 Å². The predicted molar refractivity (Wildman–Crippen MR) is 115 cm³/mol. The third kappa shape index (κ3) is 5.65. The first kappa shape index (κ1) is 21.5. The Balaban J connectivity index is 1.59. The van der Waals surface area contributed by atoms with Crippen molar-refractivity contribution in [1.29, 1.82) is 0 Å². The van der Waals surface area contributed by atoms with Crippen LogP contribution >= 0.6 is 0 Å². The minimum absolute atomic E-state index is 0.00504. The molecule has 1 amide bonds. The van der Waals surface area contributed by atoms with E-state index < -0.39 is 10.0 Å². The van der Waals surface area contributed by atoms with Crippen molar-refractivity contribution in [2.75, 3.05) is 39.0 Å². The topological polar surface area (TPSA) is 60.9 Å². The molecule has 2 aromatic carbocycles. The standard InChI is InChI=1S/C22H29N3O3S/c1-3-29(27,28)25-14-12-24(13-15-25)18-20-10-7-11-21(16-20)22(26)23(2)17-19-8-5-4-6-9-19/h4-11,16H,3,12-15,17-18H2,1-2H3. The minimum Gasteiger partial charge on any atom is -0.337 e. The van der Waals surface area contributed by atoms with Gasteiger partial charge in [0.15, 0.2) is 0 Å². The van der Waals surface area contributed by atoms with E-state index >= 15 is 0 Å². The highest BCUT2D eigenvalue weighted by Crippen LogP contribution is 2.15. The van der Waals surface area contributed by atoms with Crippen LogP contribution in [0.3, 0.4) is 0 Å². The van der Waals surface area contributed by atoms with Crippen molar-refractivity contribution >= 4 is 15.9 Å². The first-order chi connectivity index (χ1) is 13.9. The van der Waals surface area contributed by atoms with Crippen molar-refractivity contribution in [1.82, 2.24) is 14.1 Å². The van der Waals surface area contributed by atoms with Crippen molar-refractivity contribution < 1.29 is 13.2 Å². The average Bonchev–Trinajstić information content (AvgIpc) is 2.74. The second kappa shape index (κ2) is 9.52. The van der Waals surface area contributed by atoms with Crippen LogP contribution in [-0.4, -0.2) is 67.4 Å². The molecule has 2 aromatic rings. The van der Waals surface area contributed by atoms with Gasteiger partial charge in [-0.25, -0.2) is 8.42 Å². The van der Waals surface area contributed by atoms with Gasteiger partial charge in [-0.1, -0.05) is 42.5 Å². The first-order valence-electron chi connectivity index (χ1n) is 9.97. The lowest BCUT2D eigenvalue weighted by Gasteiger charge is -2.33. The first-order valence-corrected chi connectivity index (χ1v) is 11.6. The van der Waals surface area contributed by atoms with Crippen LogP contribution in [0, 0.1) is 0 Å². The summed E-state index contributed by atoms with van der Waals surface area (Å²) in [4.78, 5) is 16.8. The number of rotatable bonds is 7. The molecule has 0 aliphatic carbocycles. The van der Waals surface area contributed by atoms with Crippen LogP contribution in [0.5, 0.6) is 0 Å². The Kier molecular flexibility index (Phi) is 7.05. The summed E-state index contributed by atoms with van der Waals surface area (Å²) in [7, 11) is -1.30. The molecule has 1 fully saturated rings. The molecule has 1 aliphatic rings. The van der Waals surface area contributed by atoms with E-state index in [-0.39, 0.29) is 11.7 Å². The molecule has 156 valence electrons. The van der Waals surface area contributed by atoms with Crippen molar-refractivity contribution in [2.24, 2.45) is 0 Å². The van der Waals surface area contributed by atoms with Crippen LogP contribution in [0.25, 0.3) is 0 Å². The zero-order chi connectivity index (χ0) is 20.9. The Morgan fingerprint density at radius 2 is 1.62 bits per heavy atom. The number of benzene rings is 2. The fourth-order valence-electron chi connectivity index (χ4n) is 3.56. The number of carbonyl (C=O) groups excluding carboxylic acids is 1. The number of carbonyl (C=O) groups is 1. The number of sulfonamides is 1. The smallest absolute Gasteiger partial charge is 0.253 e. The van der Waals surface area contributed by atoms with E-state index in [1.165, 1.54) is 0 Å². The molecule has 0 saturated carbocycles. The second-order valence-electron chi connectivity index (χ2n) is 7.42. The lowest BCUT2D eigenvalue weighted by atomic mass is 10.1. The molecular formula is C22H29N3O3S. The zero-order valence-electron chi connectivity index (χ0n) is 17.1. The monoisotopic (exact) mass is 415 g/mol. The van der Waals surface area contributed by atoms with Gasteiger partial charge < -0.3 is 4.90 Å². The molecule has 1 saturated heterocycles. The van der Waals surface area contributed by atoms with Crippen LogP contribution in [0.15, 0.2) is 54.6 Å². The quantitative estimate of drug-likeness (QED) is 0.697. The molecule has 6 nitrogen and oxygen atoms in total. The van der Waals surface area contributed by atoms with Crippen LogP contribution in [0.1, 0.15) is 28.4 Å². The fourth-order valence-corrected chi connectivity index (χ4v) is 4.64. The second-order valence-corrected chi connectivity index (χ2v) is 9.68. The number of amides is 1. The molecule has 0 unspecified atom stereocenters. The molecule has 0 spiro atoms. The zero-order valence-corrected chi connectivity index (χ0v) is 17.9. The summed E-state index contributed by atoms with van der Waals surface area (Å²) < 4.78 is 25.6.